The third-order valence-corrected chi connectivity index (χ3v) is 5.54. The van der Waals surface area contributed by atoms with Gasteiger partial charge in [-0.15, -0.1) is 0 Å². The van der Waals surface area contributed by atoms with Gasteiger partial charge in [0.15, 0.2) is 0 Å². The van der Waals surface area contributed by atoms with E-state index >= 15 is 0 Å². The molecule has 0 saturated carbocycles. The minimum atomic E-state index is -1.01. The van der Waals surface area contributed by atoms with E-state index in [9.17, 15) is 14.0 Å². The second-order valence-corrected chi connectivity index (χ2v) is 8.19. The van der Waals surface area contributed by atoms with E-state index in [1.54, 1.807) is 37.3 Å². The lowest BCUT2D eigenvalue weighted by atomic mass is 10.1. The topological polar surface area (TPSA) is 91.8 Å². The Morgan fingerprint density at radius 1 is 1.21 bits per heavy atom. The van der Waals surface area contributed by atoms with Gasteiger partial charge in [0, 0.05) is 12.3 Å². The van der Waals surface area contributed by atoms with Gasteiger partial charge in [-0.2, -0.15) is 0 Å². The molecular formula is C24H21ClFN3O4. The van der Waals surface area contributed by atoms with Crippen molar-refractivity contribution in [2.75, 3.05) is 18.0 Å². The number of hydrogen-bond donors (Lipinski definition) is 2. The summed E-state index contributed by atoms with van der Waals surface area (Å²) in [6, 6.07) is 13.4. The number of nitrogens with one attached hydrogen (secondary N) is 1. The standard InChI is InChI=1S/C24H21ClFN3O4/c1-14(15-5-7-16(8-6-15)24(31)32)28-23(30)21-9-17(25)11-27-22(21)29-12-20(13-29)33-19-4-2-3-18(26)10-19/h2-11,14,20H,12-13H2,1H3,(H,28,30)(H,31,32)/t14-/m0/s1. The van der Waals surface area contributed by atoms with Crippen molar-refractivity contribution < 1.29 is 23.8 Å². The number of nitrogens with zero attached hydrogens (tertiary/aromatic N) is 2. The highest BCUT2D eigenvalue weighted by Crippen LogP contribution is 2.28. The normalized spacial score (nSPS) is 14.3. The zero-order valence-corrected chi connectivity index (χ0v) is 18.4. The summed E-state index contributed by atoms with van der Waals surface area (Å²) < 4.78 is 19.1. The molecule has 1 amide bonds. The molecule has 1 fully saturated rings. The molecule has 1 aromatic heterocycles. The zero-order chi connectivity index (χ0) is 23.5. The number of amides is 1. The van der Waals surface area contributed by atoms with Crippen LogP contribution in [0.2, 0.25) is 5.02 Å². The van der Waals surface area contributed by atoms with E-state index in [0.717, 1.165) is 5.56 Å². The van der Waals surface area contributed by atoms with E-state index in [1.165, 1.54) is 30.5 Å². The van der Waals surface area contributed by atoms with Crippen molar-refractivity contribution >= 4 is 29.3 Å². The minimum absolute atomic E-state index is 0.160. The highest BCUT2D eigenvalue weighted by atomic mass is 35.5. The van der Waals surface area contributed by atoms with Gasteiger partial charge in [-0.3, -0.25) is 4.79 Å². The summed E-state index contributed by atoms with van der Waals surface area (Å²) in [6.07, 6.45) is 1.31. The summed E-state index contributed by atoms with van der Waals surface area (Å²) in [4.78, 5) is 30.3. The number of hydrogen-bond acceptors (Lipinski definition) is 5. The number of ether oxygens (including phenoxy) is 1. The predicted molar refractivity (Wildman–Crippen MR) is 122 cm³/mol. The van der Waals surface area contributed by atoms with Crippen molar-refractivity contribution in [1.29, 1.82) is 0 Å². The first-order valence-corrected chi connectivity index (χ1v) is 10.6. The monoisotopic (exact) mass is 469 g/mol. The van der Waals surface area contributed by atoms with E-state index < -0.39 is 5.97 Å². The number of pyridine rings is 1. The fourth-order valence-corrected chi connectivity index (χ4v) is 3.70. The first-order chi connectivity index (χ1) is 15.8. The molecule has 2 aromatic carbocycles. The maximum atomic E-state index is 13.4. The van der Waals surface area contributed by atoms with E-state index in [2.05, 4.69) is 10.3 Å². The maximum absolute atomic E-state index is 13.4. The van der Waals surface area contributed by atoms with E-state index in [4.69, 9.17) is 21.4 Å². The molecule has 7 nitrogen and oxygen atoms in total. The lowest BCUT2D eigenvalue weighted by molar-refractivity contribution is 0.0696. The predicted octanol–water partition coefficient (Wildman–Crippen LogP) is 4.33. The Balaban J connectivity index is 1.43. The number of carbonyl (C=O) groups is 2. The fourth-order valence-electron chi connectivity index (χ4n) is 3.54. The van der Waals surface area contributed by atoms with Crippen LogP contribution in [0.4, 0.5) is 10.2 Å². The number of anilines is 1. The number of carbonyl (C=O) groups excluding carboxylic acids is 1. The Labute approximate surface area is 194 Å². The molecule has 4 rings (SSSR count). The largest absolute Gasteiger partial charge is 0.487 e. The van der Waals surface area contributed by atoms with Gasteiger partial charge in [-0.1, -0.05) is 29.8 Å². The van der Waals surface area contributed by atoms with Crippen LogP contribution in [0.15, 0.2) is 60.8 Å². The molecule has 0 bridgehead atoms. The highest BCUT2D eigenvalue weighted by Gasteiger charge is 2.32. The molecule has 1 atom stereocenters. The van der Waals surface area contributed by atoms with Gasteiger partial charge in [0.1, 0.15) is 23.5 Å². The van der Waals surface area contributed by atoms with Crippen molar-refractivity contribution in [1.82, 2.24) is 10.3 Å². The van der Waals surface area contributed by atoms with Crippen molar-refractivity contribution in [3.8, 4) is 5.75 Å². The lowest BCUT2D eigenvalue weighted by Crippen LogP contribution is -2.54. The number of carboxylic acids is 1. The summed E-state index contributed by atoms with van der Waals surface area (Å²) in [6.45, 7) is 2.77. The van der Waals surface area contributed by atoms with Gasteiger partial charge in [0.25, 0.3) is 5.91 Å². The number of carboxylic acid groups (broad SMARTS) is 1. The zero-order valence-electron chi connectivity index (χ0n) is 17.7. The van der Waals surface area contributed by atoms with Crippen LogP contribution in [0.5, 0.6) is 5.75 Å². The summed E-state index contributed by atoms with van der Waals surface area (Å²) in [5, 5.41) is 12.3. The van der Waals surface area contributed by atoms with Gasteiger partial charge in [0.05, 0.1) is 35.3 Å². The van der Waals surface area contributed by atoms with Crippen LogP contribution in [-0.4, -0.2) is 41.2 Å². The van der Waals surface area contributed by atoms with Crippen molar-refractivity contribution in [2.24, 2.45) is 0 Å². The second-order valence-electron chi connectivity index (χ2n) is 7.75. The summed E-state index contributed by atoms with van der Waals surface area (Å²) in [5.41, 5.74) is 1.25. The molecule has 0 unspecified atom stereocenters. The summed E-state index contributed by atoms with van der Waals surface area (Å²) in [5.74, 6) is -0.811. The molecule has 0 spiro atoms. The Kier molecular flexibility index (Phi) is 6.46. The fraction of sp³-hybridized carbons (Fsp3) is 0.208. The van der Waals surface area contributed by atoms with Crippen LogP contribution in [0.3, 0.4) is 0 Å². The van der Waals surface area contributed by atoms with Crippen LogP contribution < -0.4 is 15.0 Å². The second kappa shape index (κ2) is 9.46. The molecule has 1 aliphatic rings. The molecule has 3 aromatic rings. The number of aromatic nitrogens is 1. The summed E-state index contributed by atoms with van der Waals surface area (Å²) in [7, 11) is 0. The van der Waals surface area contributed by atoms with Crippen LogP contribution in [0, 0.1) is 5.82 Å². The average molecular weight is 470 g/mol. The molecule has 1 aliphatic heterocycles. The smallest absolute Gasteiger partial charge is 0.335 e. The SMILES string of the molecule is C[C@H](NC(=O)c1cc(Cl)cnc1N1CC(Oc2cccc(F)c2)C1)c1ccc(C(=O)O)cc1. The Morgan fingerprint density at radius 2 is 1.94 bits per heavy atom. The number of benzene rings is 2. The van der Waals surface area contributed by atoms with E-state index in [0.29, 0.717) is 35.2 Å². The Hall–Kier alpha value is -3.65. The van der Waals surface area contributed by atoms with Gasteiger partial charge in [-0.25, -0.2) is 14.2 Å². The lowest BCUT2D eigenvalue weighted by Gasteiger charge is -2.40. The van der Waals surface area contributed by atoms with Crippen LogP contribution in [0.1, 0.15) is 39.2 Å². The van der Waals surface area contributed by atoms with Crippen LogP contribution >= 0.6 is 11.6 Å². The third kappa shape index (κ3) is 5.23. The Bertz CT molecular complexity index is 1180. The molecule has 0 radical (unpaired) electrons. The molecule has 9 heteroatoms. The molecular weight excluding hydrogens is 449 g/mol. The van der Waals surface area contributed by atoms with Gasteiger partial charge in [0.2, 0.25) is 0 Å². The van der Waals surface area contributed by atoms with Crippen LogP contribution in [-0.2, 0) is 0 Å². The molecule has 1 saturated heterocycles. The highest BCUT2D eigenvalue weighted by molar-refractivity contribution is 6.31. The molecule has 2 N–H and O–H groups in total. The van der Waals surface area contributed by atoms with Gasteiger partial charge in [-0.05, 0) is 42.8 Å². The number of halogens is 2. The Morgan fingerprint density at radius 3 is 2.61 bits per heavy atom. The third-order valence-electron chi connectivity index (χ3n) is 5.33. The molecule has 0 aliphatic carbocycles. The van der Waals surface area contributed by atoms with Crippen molar-refractivity contribution in [3.63, 3.8) is 0 Å². The quantitative estimate of drug-likeness (QED) is 0.535. The number of aromatic carboxylic acids is 1. The van der Waals surface area contributed by atoms with Gasteiger partial charge < -0.3 is 20.1 Å². The van der Waals surface area contributed by atoms with Crippen molar-refractivity contribution in [2.45, 2.75) is 19.1 Å². The number of rotatable bonds is 7. The molecule has 170 valence electrons. The molecule has 33 heavy (non-hydrogen) atoms. The van der Waals surface area contributed by atoms with Crippen LogP contribution in [0.25, 0.3) is 0 Å². The average Bonchev–Trinajstić information content (AvgIpc) is 2.76. The molecule has 2 heterocycles. The van der Waals surface area contributed by atoms with E-state index in [-0.39, 0.29) is 29.4 Å². The van der Waals surface area contributed by atoms with Gasteiger partial charge >= 0.3 is 5.97 Å². The van der Waals surface area contributed by atoms with E-state index in [1.807, 2.05) is 4.90 Å². The minimum Gasteiger partial charge on any atom is -0.487 e. The first kappa shape index (κ1) is 22.5. The first-order valence-electron chi connectivity index (χ1n) is 10.3. The van der Waals surface area contributed by atoms with Crippen molar-refractivity contribution in [3.05, 3.63) is 88.3 Å². The summed E-state index contributed by atoms with van der Waals surface area (Å²) >= 11 is 6.10. The maximum Gasteiger partial charge on any atom is 0.335 e.